The SMILES string of the molecule is CCN(CC(=O)Nc1oc(C)c(C)c1C#N)CC(=O)NC(C)(C)C. The summed E-state index contributed by atoms with van der Waals surface area (Å²) in [6, 6.07) is 2.03. The van der Waals surface area contributed by atoms with E-state index < -0.39 is 0 Å². The molecule has 2 amide bonds. The zero-order valence-corrected chi connectivity index (χ0v) is 15.2. The van der Waals surface area contributed by atoms with Crippen molar-refractivity contribution in [3.63, 3.8) is 0 Å². The molecule has 7 nitrogen and oxygen atoms in total. The van der Waals surface area contributed by atoms with E-state index in [-0.39, 0.29) is 36.3 Å². The van der Waals surface area contributed by atoms with Crippen molar-refractivity contribution < 1.29 is 14.0 Å². The highest BCUT2D eigenvalue weighted by atomic mass is 16.4. The van der Waals surface area contributed by atoms with Crippen LogP contribution in [0.5, 0.6) is 0 Å². The number of aryl methyl sites for hydroxylation is 1. The first-order valence-corrected chi connectivity index (χ1v) is 7.90. The van der Waals surface area contributed by atoms with E-state index in [1.54, 1.807) is 18.7 Å². The molecule has 0 unspecified atom stereocenters. The number of nitriles is 1. The van der Waals surface area contributed by atoms with Crippen LogP contribution in [0.1, 0.15) is 44.6 Å². The molecule has 0 saturated heterocycles. The normalized spacial score (nSPS) is 11.2. The Morgan fingerprint density at radius 3 is 2.29 bits per heavy atom. The smallest absolute Gasteiger partial charge is 0.240 e. The molecule has 0 bridgehead atoms. The Hall–Kier alpha value is -2.33. The molecule has 0 saturated carbocycles. The number of carbonyl (C=O) groups excluding carboxylic acids is 2. The highest BCUT2D eigenvalue weighted by Crippen LogP contribution is 2.25. The van der Waals surface area contributed by atoms with Gasteiger partial charge in [-0.2, -0.15) is 5.26 Å². The number of nitrogens with zero attached hydrogens (tertiary/aromatic N) is 2. The second kappa shape index (κ2) is 7.97. The third-order valence-corrected chi connectivity index (χ3v) is 3.45. The van der Waals surface area contributed by atoms with Crippen LogP contribution in [-0.4, -0.2) is 41.9 Å². The lowest BCUT2D eigenvalue weighted by atomic mass is 10.1. The van der Waals surface area contributed by atoms with Crippen LogP contribution in [0.3, 0.4) is 0 Å². The number of hydrogen-bond acceptors (Lipinski definition) is 5. The maximum Gasteiger partial charge on any atom is 0.240 e. The van der Waals surface area contributed by atoms with E-state index in [0.717, 1.165) is 0 Å². The van der Waals surface area contributed by atoms with Gasteiger partial charge in [-0.3, -0.25) is 19.8 Å². The molecule has 0 atom stereocenters. The van der Waals surface area contributed by atoms with Crippen LogP contribution in [0.15, 0.2) is 4.42 Å². The van der Waals surface area contributed by atoms with Gasteiger partial charge in [0.1, 0.15) is 17.4 Å². The highest BCUT2D eigenvalue weighted by Gasteiger charge is 2.20. The first-order chi connectivity index (χ1) is 11.1. The van der Waals surface area contributed by atoms with Crippen LogP contribution < -0.4 is 10.6 Å². The van der Waals surface area contributed by atoms with Gasteiger partial charge in [-0.25, -0.2) is 0 Å². The predicted molar refractivity (Wildman–Crippen MR) is 91.5 cm³/mol. The van der Waals surface area contributed by atoms with Crippen molar-refractivity contribution in [1.29, 1.82) is 5.26 Å². The van der Waals surface area contributed by atoms with Gasteiger partial charge in [0, 0.05) is 11.1 Å². The molecule has 0 aliphatic carbocycles. The molecule has 0 fully saturated rings. The molecule has 7 heteroatoms. The molecule has 0 radical (unpaired) electrons. The molecular formula is C17H26N4O3. The summed E-state index contributed by atoms with van der Waals surface area (Å²) in [5.74, 6) is 0.289. The van der Waals surface area contributed by atoms with E-state index in [1.165, 1.54) is 0 Å². The predicted octanol–water partition coefficient (Wildman–Crippen LogP) is 1.94. The molecule has 1 heterocycles. The second-order valence-corrected chi connectivity index (χ2v) is 6.75. The number of nitrogens with one attached hydrogen (secondary N) is 2. The van der Waals surface area contributed by atoms with Gasteiger partial charge in [0.15, 0.2) is 0 Å². The van der Waals surface area contributed by atoms with Crippen molar-refractivity contribution in [2.45, 2.75) is 47.1 Å². The maximum atomic E-state index is 12.2. The van der Waals surface area contributed by atoms with E-state index in [1.807, 2.05) is 33.8 Å². The number of hydrogen-bond donors (Lipinski definition) is 2. The van der Waals surface area contributed by atoms with Gasteiger partial charge in [-0.15, -0.1) is 0 Å². The first-order valence-electron chi connectivity index (χ1n) is 7.90. The van der Waals surface area contributed by atoms with Crippen LogP contribution in [0.25, 0.3) is 0 Å². The summed E-state index contributed by atoms with van der Waals surface area (Å²) in [5, 5.41) is 14.6. The van der Waals surface area contributed by atoms with Crippen molar-refractivity contribution in [2.75, 3.05) is 25.0 Å². The first kappa shape index (κ1) is 19.7. The van der Waals surface area contributed by atoms with Crippen molar-refractivity contribution in [2.24, 2.45) is 0 Å². The summed E-state index contributed by atoms with van der Waals surface area (Å²) in [6.07, 6.45) is 0. The van der Waals surface area contributed by atoms with E-state index >= 15 is 0 Å². The Kier molecular flexibility index (Phi) is 6.55. The lowest BCUT2D eigenvalue weighted by Crippen LogP contribution is -2.47. The van der Waals surface area contributed by atoms with Crippen LogP contribution >= 0.6 is 0 Å². The largest absolute Gasteiger partial charge is 0.444 e. The Morgan fingerprint density at radius 1 is 1.21 bits per heavy atom. The summed E-state index contributed by atoms with van der Waals surface area (Å²) in [4.78, 5) is 25.9. The quantitative estimate of drug-likeness (QED) is 0.828. The monoisotopic (exact) mass is 334 g/mol. The molecule has 0 spiro atoms. The number of furan rings is 1. The molecule has 1 aromatic heterocycles. The lowest BCUT2D eigenvalue weighted by Gasteiger charge is -2.24. The molecule has 1 aromatic rings. The number of carbonyl (C=O) groups is 2. The van der Waals surface area contributed by atoms with E-state index in [2.05, 4.69) is 10.6 Å². The van der Waals surface area contributed by atoms with Crippen LogP contribution in [0.4, 0.5) is 5.88 Å². The minimum absolute atomic E-state index is 0.0394. The van der Waals surface area contributed by atoms with Gasteiger partial charge >= 0.3 is 0 Å². The zero-order valence-electron chi connectivity index (χ0n) is 15.2. The third kappa shape index (κ3) is 5.70. The average Bonchev–Trinajstić information content (AvgIpc) is 2.70. The molecule has 2 N–H and O–H groups in total. The minimum Gasteiger partial charge on any atom is -0.444 e. The molecule has 132 valence electrons. The molecule has 1 rings (SSSR count). The van der Waals surface area contributed by atoms with Gasteiger partial charge in [0.05, 0.1) is 13.1 Å². The van der Waals surface area contributed by atoms with Gasteiger partial charge < -0.3 is 9.73 Å². The standard InChI is InChI=1S/C17H26N4O3/c1-7-21(10-15(23)20-17(4,5)6)9-14(22)19-16-13(8-18)11(2)12(3)24-16/h7,9-10H2,1-6H3,(H,19,22)(H,20,23). The van der Waals surface area contributed by atoms with E-state index in [4.69, 9.17) is 9.68 Å². The number of anilines is 1. The third-order valence-electron chi connectivity index (χ3n) is 3.45. The number of amides is 2. The van der Waals surface area contributed by atoms with Gasteiger partial charge in [-0.1, -0.05) is 6.92 Å². The van der Waals surface area contributed by atoms with Gasteiger partial charge in [0.25, 0.3) is 0 Å². The van der Waals surface area contributed by atoms with Crippen molar-refractivity contribution in [3.8, 4) is 6.07 Å². The Morgan fingerprint density at radius 2 is 1.79 bits per heavy atom. The van der Waals surface area contributed by atoms with Crippen molar-refractivity contribution >= 4 is 17.7 Å². The summed E-state index contributed by atoms with van der Waals surface area (Å²) in [7, 11) is 0. The highest BCUT2D eigenvalue weighted by molar-refractivity contribution is 5.92. The summed E-state index contributed by atoms with van der Waals surface area (Å²) in [5.41, 5.74) is 0.725. The summed E-state index contributed by atoms with van der Waals surface area (Å²) in [6.45, 7) is 11.8. The fourth-order valence-electron chi connectivity index (χ4n) is 2.16. The lowest BCUT2D eigenvalue weighted by molar-refractivity contribution is -0.124. The summed E-state index contributed by atoms with van der Waals surface area (Å²) < 4.78 is 5.42. The molecule has 0 aliphatic rings. The topological polar surface area (TPSA) is 98.4 Å². The minimum atomic E-state index is -0.328. The maximum absolute atomic E-state index is 12.2. The van der Waals surface area contributed by atoms with Crippen LogP contribution in [0.2, 0.25) is 0 Å². The van der Waals surface area contributed by atoms with Gasteiger partial charge in [-0.05, 0) is 41.2 Å². The molecular weight excluding hydrogens is 308 g/mol. The Balaban J connectivity index is 2.67. The zero-order chi connectivity index (χ0) is 18.5. The second-order valence-electron chi connectivity index (χ2n) is 6.75. The molecule has 0 aromatic carbocycles. The fraction of sp³-hybridized carbons (Fsp3) is 0.588. The summed E-state index contributed by atoms with van der Waals surface area (Å²) >= 11 is 0. The van der Waals surface area contributed by atoms with Crippen LogP contribution in [-0.2, 0) is 9.59 Å². The Bertz CT molecular complexity index is 650. The van der Waals surface area contributed by atoms with Gasteiger partial charge in [0.2, 0.25) is 17.7 Å². The van der Waals surface area contributed by atoms with Crippen LogP contribution in [0, 0.1) is 25.2 Å². The van der Waals surface area contributed by atoms with Crippen molar-refractivity contribution in [3.05, 3.63) is 16.9 Å². The van der Waals surface area contributed by atoms with E-state index in [9.17, 15) is 9.59 Å². The number of rotatable bonds is 6. The number of likely N-dealkylation sites (N-methyl/N-ethyl adjacent to an activating group) is 1. The Labute approximate surface area is 143 Å². The average molecular weight is 334 g/mol. The fourth-order valence-corrected chi connectivity index (χ4v) is 2.16. The van der Waals surface area contributed by atoms with E-state index in [0.29, 0.717) is 23.4 Å². The molecule has 0 aliphatic heterocycles. The molecule has 24 heavy (non-hydrogen) atoms. The van der Waals surface area contributed by atoms with Crippen molar-refractivity contribution in [1.82, 2.24) is 10.2 Å².